The summed E-state index contributed by atoms with van der Waals surface area (Å²) < 4.78 is 5.57. The highest BCUT2D eigenvalue weighted by molar-refractivity contribution is 5.86. The zero-order valence-electron chi connectivity index (χ0n) is 13.1. The molecule has 2 N–H and O–H groups in total. The minimum absolute atomic E-state index is 0.427. The van der Waals surface area contributed by atoms with Gasteiger partial charge in [0, 0.05) is 0 Å². The summed E-state index contributed by atoms with van der Waals surface area (Å²) in [5, 5.41) is 11.1. The van der Waals surface area contributed by atoms with Crippen LogP contribution in [-0.2, 0) is 9.59 Å². The number of hydrogen-bond acceptors (Lipinski definition) is 3. The molecule has 0 bridgehead atoms. The third-order valence-electron chi connectivity index (χ3n) is 3.27. The Morgan fingerprint density at radius 1 is 1.19 bits per heavy atom. The number of hydrogen-bond donors (Lipinski definition) is 2. The fourth-order valence-corrected chi connectivity index (χ4v) is 2.02. The summed E-state index contributed by atoms with van der Waals surface area (Å²) in [5.74, 6) is -0.498. The van der Waals surface area contributed by atoms with E-state index in [0.29, 0.717) is 11.7 Å². The molecular weight excluding hydrogens is 270 g/mol. The van der Waals surface area contributed by atoms with E-state index >= 15 is 0 Å². The van der Waals surface area contributed by atoms with Crippen LogP contribution in [0.4, 0.5) is 0 Å². The monoisotopic (exact) mass is 293 g/mol. The van der Waals surface area contributed by atoms with E-state index in [4.69, 9.17) is 9.84 Å². The zero-order chi connectivity index (χ0) is 16.2. The minimum atomic E-state index is -1.08. The van der Waals surface area contributed by atoms with E-state index in [1.807, 2.05) is 25.1 Å². The summed E-state index contributed by atoms with van der Waals surface area (Å²) in [7, 11) is 0. The van der Waals surface area contributed by atoms with Crippen LogP contribution in [-0.4, -0.2) is 29.1 Å². The zero-order valence-corrected chi connectivity index (χ0v) is 13.1. The number of benzene rings is 1. The number of aryl methyl sites for hydroxylation is 1. The number of aliphatic carboxylic acids is 1. The van der Waals surface area contributed by atoms with Crippen molar-refractivity contribution in [3.05, 3.63) is 29.3 Å². The van der Waals surface area contributed by atoms with E-state index in [0.717, 1.165) is 5.56 Å². The summed E-state index contributed by atoms with van der Waals surface area (Å²) in [6.07, 6.45) is -0.754. The first-order chi connectivity index (χ1) is 9.72. The lowest BCUT2D eigenvalue weighted by Crippen LogP contribution is -2.44. The summed E-state index contributed by atoms with van der Waals surface area (Å²) in [4.78, 5) is 22.5. The Hall–Kier alpha value is -2.04. The van der Waals surface area contributed by atoms with Gasteiger partial charge in [0.2, 0.25) is 0 Å². The van der Waals surface area contributed by atoms with Gasteiger partial charge in [0.05, 0.1) is 0 Å². The van der Waals surface area contributed by atoms with Crippen molar-refractivity contribution in [2.24, 2.45) is 0 Å². The Balaban J connectivity index is 2.70. The normalized spacial score (nSPS) is 13.6. The van der Waals surface area contributed by atoms with Crippen molar-refractivity contribution in [1.29, 1.82) is 0 Å². The fraction of sp³-hybridized carbons (Fsp3) is 0.500. The Morgan fingerprint density at radius 3 is 2.29 bits per heavy atom. The number of carboxylic acid groups (broad SMARTS) is 1. The molecule has 0 aliphatic rings. The number of amides is 1. The SMILES string of the molecule is Cc1cc(OC(C)C(=O)N[C@H](C)C(=O)O)ccc1C(C)C. The number of nitrogens with one attached hydrogen (secondary N) is 1. The molecule has 0 spiro atoms. The van der Waals surface area contributed by atoms with Crippen LogP contribution in [0.25, 0.3) is 0 Å². The van der Waals surface area contributed by atoms with Crippen LogP contribution in [0, 0.1) is 6.92 Å². The van der Waals surface area contributed by atoms with Crippen LogP contribution in [0.1, 0.15) is 44.7 Å². The molecule has 1 aromatic carbocycles. The Morgan fingerprint density at radius 2 is 1.81 bits per heavy atom. The number of ether oxygens (including phenoxy) is 1. The molecule has 0 saturated carbocycles. The number of carbonyl (C=O) groups excluding carboxylic acids is 1. The van der Waals surface area contributed by atoms with Crippen molar-refractivity contribution in [2.45, 2.75) is 52.7 Å². The van der Waals surface area contributed by atoms with E-state index < -0.39 is 24.0 Å². The second-order valence-corrected chi connectivity index (χ2v) is 5.50. The fourth-order valence-electron chi connectivity index (χ4n) is 2.02. The molecule has 0 saturated heterocycles. The van der Waals surface area contributed by atoms with Gasteiger partial charge >= 0.3 is 5.97 Å². The molecule has 21 heavy (non-hydrogen) atoms. The lowest BCUT2D eigenvalue weighted by atomic mass is 9.98. The molecular formula is C16H23NO4. The van der Waals surface area contributed by atoms with Gasteiger partial charge in [-0.1, -0.05) is 19.9 Å². The van der Waals surface area contributed by atoms with Crippen molar-refractivity contribution in [2.75, 3.05) is 0 Å². The molecule has 2 atom stereocenters. The van der Waals surface area contributed by atoms with Gasteiger partial charge in [-0.3, -0.25) is 9.59 Å². The van der Waals surface area contributed by atoms with E-state index in [9.17, 15) is 9.59 Å². The van der Waals surface area contributed by atoms with E-state index in [1.165, 1.54) is 12.5 Å². The van der Waals surface area contributed by atoms with Gasteiger partial charge < -0.3 is 15.2 Å². The highest BCUT2D eigenvalue weighted by Crippen LogP contribution is 2.24. The molecule has 1 amide bonds. The van der Waals surface area contributed by atoms with Gasteiger partial charge in [0.1, 0.15) is 11.8 Å². The van der Waals surface area contributed by atoms with Crippen LogP contribution >= 0.6 is 0 Å². The van der Waals surface area contributed by atoms with Gasteiger partial charge in [0.15, 0.2) is 6.10 Å². The number of carbonyl (C=O) groups is 2. The second-order valence-electron chi connectivity index (χ2n) is 5.50. The summed E-state index contributed by atoms with van der Waals surface area (Å²) in [5.41, 5.74) is 2.34. The number of rotatable bonds is 6. The maximum Gasteiger partial charge on any atom is 0.325 e. The smallest absolute Gasteiger partial charge is 0.325 e. The van der Waals surface area contributed by atoms with Crippen molar-refractivity contribution in [3.63, 3.8) is 0 Å². The number of carboxylic acids is 1. The van der Waals surface area contributed by atoms with Gasteiger partial charge in [-0.15, -0.1) is 0 Å². The van der Waals surface area contributed by atoms with Gasteiger partial charge in [-0.2, -0.15) is 0 Å². The molecule has 116 valence electrons. The molecule has 1 unspecified atom stereocenters. The Kier molecular flexibility index (Phi) is 5.76. The van der Waals surface area contributed by atoms with Crippen molar-refractivity contribution >= 4 is 11.9 Å². The first kappa shape index (κ1) is 17.0. The maximum absolute atomic E-state index is 11.8. The summed E-state index contributed by atoms with van der Waals surface area (Å²) in [6.45, 7) is 9.24. The highest BCUT2D eigenvalue weighted by atomic mass is 16.5. The maximum atomic E-state index is 11.8. The van der Waals surface area contributed by atoms with Gasteiger partial charge in [-0.05, 0) is 49.9 Å². The van der Waals surface area contributed by atoms with Crippen molar-refractivity contribution < 1.29 is 19.4 Å². The van der Waals surface area contributed by atoms with E-state index in [-0.39, 0.29) is 0 Å². The Bertz CT molecular complexity index is 525. The lowest BCUT2D eigenvalue weighted by Gasteiger charge is -2.18. The molecule has 1 aromatic rings. The van der Waals surface area contributed by atoms with E-state index in [2.05, 4.69) is 19.2 Å². The molecule has 0 fully saturated rings. The average molecular weight is 293 g/mol. The largest absolute Gasteiger partial charge is 0.481 e. The van der Waals surface area contributed by atoms with E-state index in [1.54, 1.807) is 6.92 Å². The predicted octanol–water partition coefficient (Wildman–Crippen LogP) is 2.48. The second kappa shape index (κ2) is 7.11. The van der Waals surface area contributed by atoms with Crippen LogP contribution in [0.5, 0.6) is 5.75 Å². The minimum Gasteiger partial charge on any atom is -0.481 e. The quantitative estimate of drug-likeness (QED) is 0.845. The van der Waals surface area contributed by atoms with Gasteiger partial charge in [0.25, 0.3) is 5.91 Å². The van der Waals surface area contributed by atoms with Gasteiger partial charge in [-0.25, -0.2) is 0 Å². The van der Waals surface area contributed by atoms with Crippen LogP contribution < -0.4 is 10.1 Å². The molecule has 0 aliphatic carbocycles. The van der Waals surface area contributed by atoms with Crippen LogP contribution in [0.3, 0.4) is 0 Å². The van der Waals surface area contributed by atoms with Crippen LogP contribution in [0.15, 0.2) is 18.2 Å². The predicted molar refractivity (Wildman–Crippen MR) is 80.6 cm³/mol. The summed E-state index contributed by atoms with van der Waals surface area (Å²) in [6, 6.07) is 4.76. The molecule has 5 nitrogen and oxygen atoms in total. The standard InChI is InChI=1S/C16H23NO4/c1-9(2)14-7-6-13(8-10(14)3)21-12(5)15(18)17-11(4)16(19)20/h6-9,11-12H,1-5H3,(H,17,18)(H,19,20)/t11-,12?/m1/s1. The molecule has 5 heteroatoms. The topological polar surface area (TPSA) is 75.6 Å². The van der Waals surface area contributed by atoms with Crippen LogP contribution in [0.2, 0.25) is 0 Å². The summed E-state index contributed by atoms with van der Waals surface area (Å²) >= 11 is 0. The molecule has 0 radical (unpaired) electrons. The third kappa shape index (κ3) is 4.77. The van der Waals surface area contributed by atoms with Crippen molar-refractivity contribution in [1.82, 2.24) is 5.32 Å². The lowest BCUT2D eigenvalue weighted by molar-refractivity contribution is -0.142. The molecule has 0 aromatic heterocycles. The van der Waals surface area contributed by atoms with Crippen molar-refractivity contribution in [3.8, 4) is 5.75 Å². The molecule has 0 heterocycles. The molecule has 1 rings (SSSR count). The first-order valence-corrected chi connectivity index (χ1v) is 7.02. The molecule has 0 aliphatic heterocycles. The third-order valence-corrected chi connectivity index (χ3v) is 3.27. The average Bonchev–Trinajstić information content (AvgIpc) is 2.37. The first-order valence-electron chi connectivity index (χ1n) is 7.02. The highest BCUT2D eigenvalue weighted by Gasteiger charge is 2.20. The Labute approximate surface area is 125 Å².